The van der Waals surface area contributed by atoms with Gasteiger partial charge in [0.05, 0.1) is 23.3 Å². The minimum Gasteiger partial charge on any atom is -0.500 e. The lowest BCUT2D eigenvalue weighted by molar-refractivity contribution is 0.267. The number of rotatable bonds is 4. The molecule has 0 saturated carbocycles. The van der Waals surface area contributed by atoms with E-state index in [0.717, 1.165) is 28.6 Å². The summed E-state index contributed by atoms with van der Waals surface area (Å²) < 4.78 is 5.42. The van der Waals surface area contributed by atoms with Crippen molar-refractivity contribution >= 4 is 40.1 Å². The molecule has 1 amide bonds. The lowest BCUT2D eigenvalue weighted by Gasteiger charge is -2.23. The van der Waals surface area contributed by atoms with Crippen molar-refractivity contribution in [2.24, 2.45) is 10.1 Å². The summed E-state index contributed by atoms with van der Waals surface area (Å²) in [6.45, 7) is 2.41. The molecular weight excluding hydrogens is 394 g/mol. The van der Waals surface area contributed by atoms with Gasteiger partial charge in [0.1, 0.15) is 6.26 Å². The van der Waals surface area contributed by atoms with Crippen molar-refractivity contribution in [1.82, 2.24) is 5.01 Å². The molecule has 0 N–H and O–H groups in total. The van der Waals surface area contributed by atoms with Gasteiger partial charge in [0.15, 0.2) is 5.84 Å². The highest BCUT2D eigenvalue weighted by Crippen LogP contribution is 2.39. The molecular formula is C21H18ClN3O2S. The van der Waals surface area contributed by atoms with Crippen LogP contribution in [0.2, 0.25) is 5.02 Å². The minimum absolute atomic E-state index is 0.0808. The van der Waals surface area contributed by atoms with Crippen molar-refractivity contribution < 1.29 is 9.53 Å². The van der Waals surface area contributed by atoms with Gasteiger partial charge >= 0.3 is 5.24 Å². The number of aliphatic imine (C=N–C) groups is 1. The van der Waals surface area contributed by atoms with Crippen molar-refractivity contribution in [3.05, 3.63) is 81.9 Å². The van der Waals surface area contributed by atoms with Crippen LogP contribution in [0.3, 0.4) is 0 Å². The molecule has 0 aliphatic carbocycles. The molecule has 0 aromatic heterocycles. The van der Waals surface area contributed by atoms with Gasteiger partial charge < -0.3 is 4.74 Å². The van der Waals surface area contributed by atoms with Crippen LogP contribution in [-0.4, -0.2) is 28.4 Å². The van der Waals surface area contributed by atoms with E-state index in [4.69, 9.17) is 21.4 Å². The Morgan fingerprint density at radius 2 is 1.96 bits per heavy atom. The number of hydrogen-bond acceptors (Lipinski definition) is 5. The molecule has 142 valence electrons. The smallest absolute Gasteiger partial charge is 0.311 e. The molecule has 7 heteroatoms. The van der Waals surface area contributed by atoms with Crippen LogP contribution in [0.15, 0.2) is 75.9 Å². The Hall–Kier alpha value is -2.57. The zero-order valence-corrected chi connectivity index (χ0v) is 16.8. The summed E-state index contributed by atoms with van der Waals surface area (Å²) in [5.41, 5.74) is 3.06. The molecule has 0 fully saturated rings. The third kappa shape index (κ3) is 3.84. The highest BCUT2D eigenvalue weighted by atomic mass is 35.5. The number of amidine groups is 1. The second-order valence-corrected chi connectivity index (χ2v) is 7.70. The Morgan fingerprint density at radius 3 is 2.68 bits per heavy atom. The molecule has 1 atom stereocenters. The fourth-order valence-corrected chi connectivity index (χ4v) is 3.95. The molecule has 0 saturated heterocycles. The number of carbonyl (C=O) groups is 1. The maximum Gasteiger partial charge on any atom is 0.311 e. The van der Waals surface area contributed by atoms with Crippen LogP contribution in [0.1, 0.15) is 30.5 Å². The Bertz CT molecular complexity index is 971. The fourth-order valence-electron chi connectivity index (χ4n) is 3.16. The van der Waals surface area contributed by atoms with Gasteiger partial charge in [0, 0.05) is 11.4 Å². The first-order valence-electron chi connectivity index (χ1n) is 8.96. The van der Waals surface area contributed by atoms with Gasteiger partial charge in [-0.05, 0) is 41.9 Å². The first-order chi connectivity index (χ1) is 13.7. The number of hydrazone groups is 1. The van der Waals surface area contributed by atoms with Gasteiger partial charge in [0.25, 0.3) is 0 Å². The highest BCUT2D eigenvalue weighted by molar-refractivity contribution is 8.18. The van der Waals surface area contributed by atoms with Crippen LogP contribution < -0.4 is 0 Å². The van der Waals surface area contributed by atoms with Crippen molar-refractivity contribution in [2.45, 2.75) is 19.4 Å². The molecule has 0 unspecified atom stereocenters. The normalized spacial score (nSPS) is 20.5. The molecule has 2 aromatic carbocycles. The topological polar surface area (TPSA) is 54.3 Å². The second kappa shape index (κ2) is 8.20. The molecule has 0 bridgehead atoms. The molecule has 2 aliphatic rings. The van der Waals surface area contributed by atoms with Crippen molar-refractivity contribution in [2.75, 3.05) is 6.61 Å². The number of hydrogen-bond donors (Lipinski definition) is 0. The van der Waals surface area contributed by atoms with Crippen molar-refractivity contribution in [3.63, 3.8) is 0 Å². The summed E-state index contributed by atoms with van der Waals surface area (Å²) in [6, 6.07) is 17.7. The molecule has 2 heterocycles. The van der Waals surface area contributed by atoms with E-state index >= 15 is 0 Å². The molecule has 0 spiro atoms. The first-order valence-corrected chi connectivity index (χ1v) is 10.2. The van der Waals surface area contributed by atoms with Crippen LogP contribution in [0, 0.1) is 0 Å². The first kappa shape index (κ1) is 18.8. The van der Waals surface area contributed by atoms with E-state index in [1.807, 2.05) is 66.5 Å². The zero-order chi connectivity index (χ0) is 19.5. The summed E-state index contributed by atoms with van der Waals surface area (Å²) in [7, 11) is 0. The van der Waals surface area contributed by atoms with Gasteiger partial charge in [0.2, 0.25) is 0 Å². The fraction of sp³-hybridized carbons (Fsp3) is 0.190. The van der Waals surface area contributed by atoms with Crippen molar-refractivity contribution in [3.8, 4) is 0 Å². The van der Waals surface area contributed by atoms with Crippen LogP contribution in [0.4, 0.5) is 4.79 Å². The van der Waals surface area contributed by atoms with Crippen LogP contribution in [0.5, 0.6) is 0 Å². The maximum atomic E-state index is 12.0. The summed E-state index contributed by atoms with van der Waals surface area (Å²) in [4.78, 5) is 16.9. The van der Waals surface area contributed by atoms with Gasteiger partial charge in [-0.1, -0.05) is 54.1 Å². The summed E-state index contributed by atoms with van der Waals surface area (Å²) in [5.74, 6) is 0.523. The van der Waals surface area contributed by atoms with E-state index in [2.05, 4.69) is 4.99 Å². The lowest BCUT2D eigenvalue weighted by Crippen LogP contribution is -2.26. The Morgan fingerprint density at radius 1 is 1.21 bits per heavy atom. The highest BCUT2D eigenvalue weighted by Gasteiger charge is 2.37. The van der Waals surface area contributed by atoms with E-state index in [-0.39, 0.29) is 11.3 Å². The summed E-state index contributed by atoms with van der Waals surface area (Å²) in [5, 5.41) is 7.08. The van der Waals surface area contributed by atoms with Gasteiger partial charge in [-0.15, -0.1) is 0 Å². The maximum absolute atomic E-state index is 12.0. The Kier molecular flexibility index (Phi) is 5.50. The SMILES string of the molecule is CCO/C=C1\SC(=O)N=C1N1N=C(c2ccccc2)C[C@@H]1c1ccc(Cl)cc1. The summed E-state index contributed by atoms with van der Waals surface area (Å²) >= 11 is 7.12. The van der Waals surface area contributed by atoms with E-state index in [0.29, 0.717) is 28.8 Å². The predicted octanol–water partition coefficient (Wildman–Crippen LogP) is 5.63. The van der Waals surface area contributed by atoms with Gasteiger partial charge in [-0.2, -0.15) is 10.1 Å². The van der Waals surface area contributed by atoms with Crippen LogP contribution in [0.25, 0.3) is 0 Å². The number of thioether (sulfide) groups is 1. The van der Waals surface area contributed by atoms with E-state index in [9.17, 15) is 4.79 Å². The molecule has 2 aromatic rings. The van der Waals surface area contributed by atoms with Crippen molar-refractivity contribution in [1.29, 1.82) is 0 Å². The average molecular weight is 412 g/mol. The number of nitrogens with zero attached hydrogens (tertiary/aromatic N) is 3. The van der Waals surface area contributed by atoms with E-state index in [1.165, 1.54) is 0 Å². The van der Waals surface area contributed by atoms with Crippen LogP contribution in [-0.2, 0) is 4.74 Å². The molecule has 4 rings (SSSR count). The van der Waals surface area contributed by atoms with E-state index in [1.54, 1.807) is 6.26 Å². The number of amides is 1. The second-order valence-electron chi connectivity index (χ2n) is 6.27. The van der Waals surface area contributed by atoms with Gasteiger partial charge in [-0.3, -0.25) is 4.79 Å². The lowest BCUT2D eigenvalue weighted by atomic mass is 9.98. The molecule has 0 radical (unpaired) electrons. The number of carbonyl (C=O) groups excluding carboxylic acids is 1. The molecule has 28 heavy (non-hydrogen) atoms. The Balaban J connectivity index is 1.75. The summed E-state index contributed by atoms with van der Waals surface area (Å²) in [6.07, 6.45) is 2.29. The number of benzene rings is 2. The monoisotopic (exact) mass is 411 g/mol. The predicted molar refractivity (Wildman–Crippen MR) is 114 cm³/mol. The van der Waals surface area contributed by atoms with Crippen LogP contribution >= 0.6 is 23.4 Å². The number of halogens is 1. The zero-order valence-electron chi connectivity index (χ0n) is 15.2. The largest absolute Gasteiger partial charge is 0.500 e. The Labute approximate surface area is 172 Å². The quantitative estimate of drug-likeness (QED) is 0.611. The molecule has 5 nitrogen and oxygen atoms in total. The molecule has 2 aliphatic heterocycles. The third-order valence-electron chi connectivity index (χ3n) is 4.46. The minimum atomic E-state index is -0.265. The third-order valence-corrected chi connectivity index (χ3v) is 5.48. The van der Waals surface area contributed by atoms with Gasteiger partial charge in [-0.25, -0.2) is 5.01 Å². The number of ether oxygens (including phenoxy) is 1. The average Bonchev–Trinajstić information content (AvgIpc) is 3.31. The van der Waals surface area contributed by atoms with E-state index < -0.39 is 0 Å². The standard InChI is InChI=1S/C21H18ClN3O2S/c1-2-27-13-19-20(23-21(26)28-19)25-18(15-8-10-16(22)11-9-15)12-17(24-25)14-6-4-3-5-7-14/h3-11,13,18H,2,12H2,1H3/b19-13-/t18-/m1/s1.